The van der Waals surface area contributed by atoms with Crippen LogP contribution in [0.25, 0.3) is 0 Å². The number of benzene rings is 2. The molecule has 1 heterocycles. The Kier molecular flexibility index (Phi) is 6.63. The summed E-state index contributed by atoms with van der Waals surface area (Å²) in [6, 6.07) is 21.0. The van der Waals surface area contributed by atoms with Crippen molar-refractivity contribution in [2.75, 3.05) is 13.1 Å². The standard InChI is InChI=1S/C22H28N2O/c25-22(20-14-16-23-17-15-20)24-21(19-11-5-2-6-12-19)13-7-10-18-8-3-1-4-9-18/h1-6,8-9,11-12,20-21,23H,7,10,13-17H2,(H,24,25). The molecule has 25 heavy (non-hydrogen) atoms. The van der Waals surface area contributed by atoms with Crippen molar-refractivity contribution in [1.82, 2.24) is 10.6 Å². The number of hydrogen-bond acceptors (Lipinski definition) is 2. The summed E-state index contributed by atoms with van der Waals surface area (Å²) >= 11 is 0. The van der Waals surface area contributed by atoms with E-state index in [1.54, 1.807) is 0 Å². The lowest BCUT2D eigenvalue weighted by atomic mass is 9.94. The zero-order valence-corrected chi connectivity index (χ0v) is 14.8. The SMILES string of the molecule is O=C(NC(CCCc1ccccc1)c1ccccc1)C1CCNCC1. The summed E-state index contributed by atoms with van der Waals surface area (Å²) in [4.78, 5) is 12.7. The molecule has 1 atom stereocenters. The normalized spacial score (nSPS) is 16.3. The van der Waals surface area contributed by atoms with Gasteiger partial charge in [-0.25, -0.2) is 0 Å². The number of amides is 1. The summed E-state index contributed by atoms with van der Waals surface area (Å²) in [5.41, 5.74) is 2.57. The Bertz CT molecular complexity index is 636. The van der Waals surface area contributed by atoms with E-state index in [-0.39, 0.29) is 17.9 Å². The zero-order valence-electron chi connectivity index (χ0n) is 14.8. The van der Waals surface area contributed by atoms with Crippen LogP contribution in [0.15, 0.2) is 60.7 Å². The molecule has 3 heteroatoms. The van der Waals surface area contributed by atoms with E-state index in [1.165, 1.54) is 11.1 Å². The van der Waals surface area contributed by atoms with E-state index >= 15 is 0 Å². The third kappa shape index (κ3) is 5.43. The fourth-order valence-electron chi connectivity index (χ4n) is 3.54. The van der Waals surface area contributed by atoms with Crippen molar-refractivity contribution < 1.29 is 4.79 Å². The molecule has 1 unspecified atom stereocenters. The maximum Gasteiger partial charge on any atom is 0.223 e. The van der Waals surface area contributed by atoms with Crippen molar-refractivity contribution in [2.24, 2.45) is 5.92 Å². The van der Waals surface area contributed by atoms with Crippen molar-refractivity contribution in [1.29, 1.82) is 0 Å². The molecule has 1 saturated heterocycles. The number of nitrogens with one attached hydrogen (secondary N) is 2. The van der Waals surface area contributed by atoms with Gasteiger partial charge in [-0.15, -0.1) is 0 Å². The van der Waals surface area contributed by atoms with Crippen LogP contribution in [0.3, 0.4) is 0 Å². The zero-order chi connectivity index (χ0) is 17.3. The number of aryl methyl sites for hydroxylation is 1. The lowest BCUT2D eigenvalue weighted by molar-refractivity contribution is -0.126. The van der Waals surface area contributed by atoms with E-state index < -0.39 is 0 Å². The van der Waals surface area contributed by atoms with Crippen LogP contribution in [0.5, 0.6) is 0 Å². The second kappa shape index (κ2) is 9.38. The molecule has 2 aromatic rings. The molecular weight excluding hydrogens is 308 g/mol. The second-order valence-electron chi connectivity index (χ2n) is 6.87. The van der Waals surface area contributed by atoms with Crippen molar-refractivity contribution in [2.45, 2.75) is 38.1 Å². The summed E-state index contributed by atoms with van der Waals surface area (Å²) in [6.45, 7) is 1.89. The first-order chi connectivity index (χ1) is 12.3. The van der Waals surface area contributed by atoms with Crippen molar-refractivity contribution >= 4 is 5.91 Å². The van der Waals surface area contributed by atoms with Gasteiger partial charge in [0.25, 0.3) is 0 Å². The molecule has 0 saturated carbocycles. The molecule has 1 aliphatic rings. The van der Waals surface area contributed by atoms with Gasteiger partial charge in [0, 0.05) is 5.92 Å². The van der Waals surface area contributed by atoms with Gasteiger partial charge in [0.2, 0.25) is 5.91 Å². The minimum absolute atomic E-state index is 0.104. The highest BCUT2D eigenvalue weighted by atomic mass is 16.1. The van der Waals surface area contributed by atoms with Gasteiger partial charge in [-0.05, 0) is 56.3 Å². The average molecular weight is 336 g/mol. The monoisotopic (exact) mass is 336 g/mol. The first kappa shape index (κ1) is 17.7. The largest absolute Gasteiger partial charge is 0.349 e. The third-order valence-electron chi connectivity index (χ3n) is 5.03. The molecule has 0 spiro atoms. The second-order valence-corrected chi connectivity index (χ2v) is 6.87. The van der Waals surface area contributed by atoms with E-state index in [1.807, 2.05) is 6.07 Å². The van der Waals surface area contributed by atoms with Gasteiger partial charge in [-0.1, -0.05) is 60.7 Å². The van der Waals surface area contributed by atoms with Crippen LogP contribution in [0.2, 0.25) is 0 Å². The van der Waals surface area contributed by atoms with Crippen LogP contribution in [-0.4, -0.2) is 19.0 Å². The topological polar surface area (TPSA) is 41.1 Å². The molecule has 2 aromatic carbocycles. The van der Waals surface area contributed by atoms with Crippen LogP contribution in [-0.2, 0) is 11.2 Å². The van der Waals surface area contributed by atoms with Crippen LogP contribution >= 0.6 is 0 Å². The fourth-order valence-corrected chi connectivity index (χ4v) is 3.54. The lowest BCUT2D eigenvalue weighted by Gasteiger charge is -2.26. The number of piperidine rings is 1. The maximum absolute atomic E-state index is 12.7. The van der Waals surface area contributed by atoms with Crippen molar-refractivity contribution in [3.63, 3.8) is 0 Å². The molecule has 2 N–H and O–H groups in total. The van der Waals surface area contributed by atoms with Crippen LogP contribution in [0, 0.1) is 5.92 Å². The van der Waals surface area contributed by atoms with E-state index in [2.05, 4.69) is 65.2 Å². The Morgan fingerprint density at radius 2 is 1.64 bits per heavy atom. The first-order valence-corrected chi connectivity index (χ1v) is 9.43. The van der Waals surface area contributed by atoms with Crippen LogP contribution in [0.1, 0.15) is 42.9 Å². The van der Waals surface area contributed by atoms with Crippen LogP contribution in [0.4, 0.5) is 0 Å². The Morgan fingerprint density at radius 3 is 2.32 bits per heavy atom. The minimum Gasteiger partial charge on any atom is -0.349 e. The maximum atomic E-state index is 12.7. The number of hydrogen-bond donors (Lipinski definition) is 2. The number of rotatable bonds is 7. The minimum atomic E-state index is 0.104. The Labute approximate surface area is 150 Å². The summed E-state index contributed by atoms with van der Waals surface area (Å²) < 4.78 is 0. The molecule has 1 aliphatic heterocycles. The Balaban J connectivity index is 1.60. The van der Waals surface area contributed by atoms with Gasteiger partial charge in [-0.2, -0.15) is 0 Å². The highest BCUT2D eigenvalue weighted by molar-refractivity contribution is 5.79. The molecular formula is C22H28N2O. The lowest BCUT2D eigenvalue weighted by Crippen LogP contribution is -2.39. The van der Waals surface area contributed by atoms with Gasteiger partial charge in [0.1, 0.15) is 0 Å². The van der Waals surface area contributed by atoms with Crippen molar-refractivity contribution in [3.8, 4) is 0 Å². The summed E-state index contributed by atoms with van der Waals surface area (Å²) in [5, 5.41) is 6.65. The van der Waals surface area contributed by atoms with Gasteiger partial charge in [0.05, 0.1) is 6.04 Å². The first-order valence-electron chi connectivity index (χ1n) is 9.43. The highest BCUT2D eigenvalue weighted by Crippen LogP contribution is 2.22. The number of carbonyl (C=O) groups excluding carboxylic acids is 1. The fraction of sp³-hybridized carbons (Fsp3) is 0.409. The summed E-state index contributed by atoms with van der Waals surface area (Å²) in [6.07, 6.45) is 4.97. The summed E-state index contributed by atoms with van der Waals surface area (Å²) in [5.74, 6) is 0.372. The number of carbonyl (C=O) groups is 1. The average Bonchev–Trinajstić information content (AvgIpc) is 2.69. The molecule has 0 radical (unpaired) electrons. The van der Waals surface area contributed by atoms with Gasteiger partial charge >= 0.3 is 0 Å². The Morgan fingerprint density at radius 1 is 1.00 bits per heavy atom. The third-order valence-corrected chi connectivity index (χ3v) is 5.03. The molecule has 0 bridgehead atoms. The summed E-state index contributed by atoms with van der Waals surface area (Å²) in [7, 11) is 0. The van der Waals surface area contributed by atoms with Crippen molar-refractivity contribution in [3.05, 3.63) is 71.8 Å². The van der Waals surface area contributed by atoms with Crippen LogP contribution < -0.4 is 10.6 Å². The Hall–Kier alpha value is -2.13. The smallest absolute Gasteiger partial charge is 0.223 e. The van der Waals surface area contributed by atoms with E-state index in [0.717, 1.165) is 45.2 Å². The van der Waals surface area contributed by atoms with E-state index in [0.29, 0.717) is 0 Å². The highest BCUT2D eigenvalue weighted by Gasteiger charge is 2.23. The van der Waals surface area contributed by atoms with Gasteiger partial charge in [-0.3, -0.25) is 4.79 Å². The predicted molar refractivity (Wildman–Crippen MR) is 102 cm³/mol. The molecule has 3 nitrogen and oxygen atoms in total. The van der Waals surface area contributed by atoms with Gasteiger partial charge in [0.15, 0.2) is 0 Å². The van der Waals surface area contributed by atoms with E-state index in [9.17, 15) is 4.79 Å². The molecule has 1 amide bonds. The quantitative estimate of drug-likeness (QED) is 0.806. The molecule has 0 aliphatic carbocycles. The predicted octanol–water partition coefficient (Wildman–Crippen LogP) is 3.87. The van der Waals surface area contributed by atoms with Gasteiger partial charge < -0.3 is 10.6 Å². The molecule has 3 rings (SSSR count). The molecule has 132 valence electrons. The van der Waals surface area contributed by atoms with E-state index in [4.69, 9.17) is 0 Å². The molecule has 1 fully saturated rings. The molecule has 0 aromatic heterocycles.